The maximum absolute atomic E-state index is 13.2. The predicted molar refractivity (Wildman–Crippen MR) is 133 cm³/mol. The minimum absolute atomic E-state index is 0.326. The molecule has 1 aromatic rings. The van der Waals surface area contributed by atoms with Crippen LogP contribution in [0.5, 0.6) is 0 Å². The summed E-state index contributed by atoms with van der Waals surface area (Å²) in [6, 6.07) is 12.8. The third-order valence-corrected chi connectivity index (χ3v) is 11.9. The topological polar surface area (TPSA) is 0 Å². The van der Waals surface area contributed by atoms with E-state index in [4.69, 9.17) is 11.6 Å². The third-order valence-electron chi connectivity index (χ3n) is 8.16. The molecule has 2 fully saturated rings. The summed E-state index contributed by atoms with van der Waals surface area (Å²) in [4.78, 5) is 0. The van der Waals surface area contributed by atoms with Crippen LogP contribution in [0, 0.1) is 11.8 Å². The van der Waals surface area contributed by atoms with Crippen molar-refractivity contribution >= 4 is 20.4 Å². The number of unbranched alkanes of at least 4 members (excludes halogenated alkanes) is 3. The van der Waals surface area contributed by atoms with Crippen molar-refractivity contribution in [1.29, 1.82) is 0 Å². The second-order valence-electron chi connectivity index (χ2n) is 10.4. The van der Waals surface area contributed by atoms with Gasteiger partial charge in [0.05, 0.1) is 0 Å². The summed E-state index contributed by atoms with van der Waals surface area (Å²) >= 11 is 5.53. The first-order valence-corrected chi connectivity index (χ1v) is 15.9. The van der Waals surface area contributed by atoms with Crippen LogP contribution < -0.4 is 0 Å². The van der Waals surface area contributed by atoms with Crippen LogP contribution in [0.2, 0.25) is 18.1 Å². The molecule has 1 aromatic carbocycles. The molecule has 0 nitrogen and oxygen atoms in total. The number of hydrogen-bond acceptors (Lipinski definition) is 0. The number of rotatable bonds is 11. The first kappa shape index (κ1) is 24.3. The normalized spacial score (nSPS) is 28.4. The van der Waals surface area contributed by atoms with Crippen LogP contribution in [0.15, 0.2) is 24.3 Å². The lowest BCUT2D eigenvalue weighted by atomic mass is 9.77. The van der Waals surface area contributed by atoms with E-state index in [9.17, 15) is 4.39 Å². The molecule has 1 saturated heterocycles. The second kappa shape index (κ2) is 13.3. The Morgan fingerprint density at radius 3 is 2.03 bits per heavy atom. The second-order valence-corrected chi connectivity index (χ2v) is 14.2. The molecule has 1 aliphatic heterocycles. The highest BCUT2D eigenvalue weighted by atomic mass is 35.5. The zero-order valence-electron chi connectivity index (χ0n) is 19.3. The number of benzene rings is 1. The van der Waals surface area contributed by atoms with E-state index in [1.165, 1.54) is 76.2 Å². The Hall–Kier alpha value is -0.343. The summed E-state index contributed by atoms with van der Waals surface area (Å²) < 4.78 is 13.2. The van der Waals surface area contributed by atoms with Crippen molar-refractivity contribution in [3.63, 3.8) is 0 Å². The molecule has 3 rings (SSSR count). The minimum atomic E-state index is -1.38. The average Bonchev–Trinajstić information content (AvgIpc) is 2.78. The van der Waals surface area contributed by atoms with Crippen molar-refractivity contribution in [1.82, 2.24) is 0 Å². The van der Waals surface area contributed by atoms with Gasteiger partial charge in [-0.1, -0.05) is 119 Å². The molecule has 3 heteroatoms. The molecule has 170 valence electrons. The highest BCUT2D eigenvalue weighted by Crippen LogP contribution is 2.39. The summed E-state index contributed by atoms with van der Waals surface area (Å²) in [6.07, 6.45) is 18.7. The molecule has 30 heavy (non-hydrogen) atoms. The van der Waals surface area contributed by atoms with E-state index in [2.05, 4.69) is 19.1 Å². The van der Waals surface area contributed by atoms with E-state index in [-0.39, 0.29) is 8.80 Å². The molecule has 2 aliphatic rings. The van der Waals surface area contributed by atoms with Crippen LogP contribution in [-0.4, -0.2) is 8.80 Å². The Morgan fingerprint density at radius 2 is 1.47 bits per heavy atom. The molecule has 0 amide bonds. The summed E-state index contributed by atoms with van der Waals surface area (Å²) in [5.74, 6) is 2.68. The van der Waals surface area contributed by atoms with Gasteiger partial charge in [0.25, 0.3) is 0 Å². The molecule has 1 heterocycles. The molecule has 1 atom stereocenters. The van der Waals surface area contributed by atoms with E-state index in [0.717, 1.165) is 11.8 Å². The number of hydrogen-bond donors (Lipinski definition) is 0. The van der Waals surface area contributed by atoms with Gasteiger partial charge in [-0.3, -0.25) is 0 Å². The van der Waals surface area contributed by atoms with Crippen molar-refractivity contribution in [2.24, 2.45) is 11.8 Å². The molecule has 0 spiro atoms. The Morgan fingerprint density at radius 1 is 0.867 bits per heavy atom. The van der Waals surface area contributed by atoms with Crippen molar-refractivity contribution in [3.8, 4) is 0 Å². The molecule has 0 aromatic heterocycles. The molecule has 0 N–H and O–H groups in total. The molecule has 1 aliphatic carbocycles. The van der Waals surface area contributed by atoms with Crippen molar-refractivity contribution in [3.05, 3.63) is 35.4 Å². The zero-order chi connectivity index (χ0) is 21.2. The summed E-state index contributed by atoms with van der Waals surface area (Å²) in [5.41, 5.74) is 0.586. The average molecular weight is 451 g/mol. The van der Waals surface area contributed by atoms with Gasteiger partial charge in [0, 0.05) is 14.4 Å². The van der Waals surface area contributed by atoms with E-state index >= 15 is 0 Å². The minimum Gasteiger partial charge on any atom is -0.225 e. The van der Waals surface area contributed by atoms with Crippen LogP contribution in [0.1, 0.15) is 113 Å². The molecule has 0 bridgehead atoms. The van der Waals surface area contributed by atoms with E-state index in [0.29, 0.717) is 11.5 Å². The van der Waals surface area contributed by atoms with Gasteiger partial charge >= 0.3 is 0 Å². The van der Waals surface area contributed by atoms with E-state index in [1.54, 1.807) is 31.0 Å². The van der Waals surface area contributed by atoms with Gasteiger partial charge in [-0.05, 0) is 49.0 Å². The summed E-state index contributed by atoms with van der Waals surface area (Å²) in [7, 11) is -0.326. The van der Waals surface area contributed by atoms with Gasteiger partial charge < -0.3 is 0 Å². The van der Waals surface area contributed by atoms with Crippen molar-refractivity contribution in [2.45, 2.75) is 120 Å². The van der Waals surface area contributed by atoms with E-state index < -0.39 is 5.63 Å². The number of halogens is 2. The maximum atomic E-state index is 13.2. The molecule has 1 saturated carbocycles. The standard InChI is InChI=1S/C27H44ClFSi/c1-2-3-6-19-30-20-17-23(18-21-30)8-5-4-7-22-9-11-24(12-10-22)25-13-15-26(16-14-25)27(28)29/h13-16,22-24,27,30H,2-12,17-21H2,1H3. The van der Waals surface area contributed by atoms with Gasteiger partial charge in [0.1, 0.15) is 0 Å². The Labute approximate surface area is 192 Å². The highest BCUT2D eigenvalue weighted by molar-refractivity contribution is 6.58. The quantitative estimate of drug-likeness (QED) is 0.179. The first-order valence-electron chi connectivity index (χ1n) is 13.0. The Kier molecular flexibility index (Phi) is 10.7. The van der Waals surface area contributed by atoms with Gasteiger partial charge in [-0.2, -0.15) is 0 Å². The maximum Gasteiger partial charge on any atom is 0.198 e. The SMILES string of the molecule is CCCCC[SiH]1CCC(CCCCC2CCC(c3ccc(C(F)Cl)cc3)CC2)CC1. The van der Waals surface area contributed by atoms with Crippen LogP contribution in [0.4, 0.5) is 4.39 Å². The molecular weight excluding hydrogens is 407 g/mol. The van der Waals surface area contributed by atoms with Gasteiger partial charge in [-0.15, -0.1) is 0 Å². The summed E-state index contributed by atoms with van der Waals surface area (Å²) in [6.45, 7) is 2.33. The Balaban J connectivity index is 1.24. The fourth-order valence-electron chi connectivity index (χ4n) is 6.06. The van der Waals surface area contributed by atoms with Crippen LogP contribution >= 0.6 is 11.6 Å². The number of alkyl halides is 2. The van der Waals surface area contributed by atoms with Crippen LogP contribution in [0.25, 0.3) is 0 Å². The Bertz CT molecular complexity index is 571. The largest absolute Gasteiger partial charge is 0.225 e. The van der Waals surface area contributed by atoms with Gasteiger partial charge in [0.15, 0.2) is 5.63 Å². The van der Waals surface area contributed by atoms with Crippen molar-refractivity contribution in [2.75, 3.05) is 0 Å². The van der Waals surface area contributed by atoms with Crippen LogP contribution in [-0.2, 0) is 0 Å². The smallest absolute Gasteiger partial charge is 0.198 e. The summed E-state index contributed by atoms with van der Waals surface area (Å²) in [5, 5.41) is 0. The van der Waals surface area contributed by atoms with Gasteiger partial charge in [-0.25, -0.2) is 4.39 Å². The third kappa shape index (κ3) is 7.97. The first-order chi connectivity index (χ1) is 14.7. The lowest BCUT2D eigenvalue weighted by molar-refractivity contribution is 0.297. The molecular formula is C27H44ClFSi. The fourth-order valence-corrected chi connectivity index (χ4v) is 9.82. The fraction of sp³-hybridized carbons (Fsp3) is 0.778. The van der Waals surface area contributed by atoms with E-state index in [1.807, 2.05) is 12.1 Å². The molecule has 0 radical (unpaired) electrons. The monoisotopic (exact) mass is 450 g/mol. The highest BCUT2D eigenvalue weighted by Gasteiger charge is 2.24. The zero-order valence-corrected chi connectivity index (χ0v) is 21.2. The lowest BCUT2D eigenvalue weighted by Gasteiger charge is -2.30. The predicted octanol–water partition coefficient (Wildman–Crippen LogP) is 9.55. The molecule has 1 unspecified atom stereocenters. The lowest BCUT2D eigenvalue weighted by Crippen LogP contribution is -2.21. The van der Waals surface area contributed by atoms with Gasteiger partial charge in [0.2, 0.25) is 0 Å². The van der Waals surface area contributed by atoms with Crippen LogP contribution in [0.3, 0.4) is 0 Å². The van der Waals surface area contributed by atoms with Crippen molar-refractivity contribution < 1.29 is 4.39 Å².